The lowest BCUT2D eigenvalue weighted by atomic mass is 9.87. The Morgan fingerprint density at radius 3 is 2.57 bits per heavy atom. The van der Waals surface area contributed by atoms with Crippen molar-refractivity contribution in [3.8, 4) is 0 Å². The van der Waals surface area contributed by atoms with Crippen LogP contribution in [0.1, 0.15) is 41.6 Å². The molecular weight excluding hydrogens is 260 g/mol. The molecular formula is C17H28N4. The molecule has 2 aliphatic rings. The number of likely N-dealkylation sites (N-methyl/N-ethyl adjacent to an activating group) is 1. The summed E-state index contributed by atoms with van der Waals surface area (Å²) in [5.74, 6) is 0. The van der Waals surface area contributed by atoms with Crippen molar-refractivity contribution in [3.05, 3.63) is 34.9 Å². The second kappa shape index (κ2) is 6.05. The van der Waals surface area contributed by atoms with E-state index < -0.39 is 0 Å². The second-order valence-electron chi connectivity index (χ2n) is 6.71. The molecule has 0 bridgehead atoms. The van der Waals surface area contributed by atoms with Crippen molar-refractivity contribution < 1.29 is 0 Å². The van der Waals surface area contributed by atoms with Gasteiger partial charge in [0.05, 0.1) is 0 Å². The van der Waals surface area contributed by atoms with Crippen molar-refractivity contribution in [2.45, 2.75) is 37.9 Å². The highest BCUT2D eigenvalue weighted by atomic mass is 15.2. The number of aryl methyl sites for hydroxylation is 1. The van der Waals surface area contributed by atoms with Crippen molar-refractivity contribution in [3.63, 3.8) is 0 Å². The van der Waals surface area contributed by atoms with Gasteiger partial charge in [0.2, 0.25) is 0 Å². The van der Waals surface area contributed by atoms with Gasteiger partial charge in [-0.3, -0.25) is 9.80 Å². The van der Waals surface area contributed by atoms with Crippen LogP contribution in [0.3, 0.4) is 0 Å². The van der Waals surface area contributed by atoms with Gasteiger partial charge in [-0.25, -0.2) is 0 Å². The van der Waals surface area contributed by atoms with Crippen molar-refractivity contribution in [2.75, 3.05) is 33.2 Å². The lowest BCUT2D eigenvalue weighted by molar-refractivity contribution is 0.0907. The summed E-state index contributed by atoms with van der Waals surface area (Å²) < 4.78 is 0. The molecule has 21 heavy (non-hydrogen) atoms. The molecule has 2 unspecified atom stereocenters. The number of nitrogens with zero attached hydrogens (tertiary/aromatic N) is 2. The maximum Gasteiger partial charge on any atom is 0.0478 e. The molecule has 1 fully saturated rings. The molecule has 116 valence electrons. The summed E-state index contributed by atoms with van der Waals surface area (Å²) >= 11 is 0. The normalized spacial score (nSPS) is 28.6. The van der Waals surface area contributed by atoms with Gasteiger partial charge in [0.15, 0.2) is 0 Å². The van der Waals surface area contributed by atoms with E-state index in [9.17, 15) is 0 Å². The molecule has 2 atom stereocenters. The largest absolute Gasteiger partial charge is 0.329 e. The molecule has 0 saturated carbocycles. The first-order valence-electron chi connectivity index (χ1n) is 8.10. The van der Waals surface area contributed by atoms with Crippen LogP contribution >= 0.6 is 0 Å². The zero-order chi connectivity index (χ0) is 15.0. The molecule has 1 saturated heterocycles. The Balaban J connectivity index is 1.92. The summed E-state index contributed by atoms with van der Waals surface area (Å²) in [6.07, 6.45) is 2.23. The second-order valence-corrected chi connectivity index (χ2v) is 6.71. The number of benzene rings is 1. The van der Waals surface area contributed by atoms with Crippen molar-refractivity contribution in [1.29, 1.82) is 0 Å². The van der Waals surface area contributed by atoms with Gasteiger partial charge in [0.25, 0.3) is 0 Å². The third-order valence-electron chi connectivity index (χ3n) is 5.19. The molecule has 1 aromatic carbocycles. The molecule has 2 heterocycles. The molecule has 4 nitrogen and oxygen atoms in total. The molecule has 0 radical (unpaired) electrons. The average Bonchev–Trinajstić information content (AvgIpc) is 2.47. The van der Waals surface area contributed by atoms with Gasteiger partial charge in [0, 0.05) is 44.3 Å². The molecule has 3 rings (SSSR count). The van der Waals surface area contributed by atoms with E-state index in [0.29, 0.717) is 24.7 Å². The fraction of sp³-hybridized carbons (Fsp3) is 0.647. The van der Waals surface area contributed by atoms with Gasteiger partial charge < -0.3 is 11.5 Å². The minimum Gasteiger partial charge on any atom is -0.329 e. The number of hydrogen-bond acceptors (Lipinski definition) is 4. The lowest BCUT2D eigenvalue weighted by Gasteiger charge is -2.45. The maximum atomic E-state index is 6.06. The van der Waals surface area contributed by atoms with Crippen LogP contribution in [0, 0.1) is 6.92 Å². The monoisotopic (exact) mass is 288 g/mol. The minimum absolute atomic E-state index is 0.350. The molecule has 0 aromatic heterocycles. The number of rotatable bonds is 2. The average molecular weight is 288 g/mol. The SMILES string of the molecule is Cc1ccc2c(c1)C(CN)N(C)CC2N1CCC(N)CC1. The number of piperidine rings is 1. The Morgan fingerprint density at radius 2 is 1.90 bits per heavy atom. The highest BCUT2D eigenvalue weighted by Gasteiger charge is 2.34. The zero-order valence-corrected chi connectivity index (χ0v) is 13.3. The van der Waals surface area contributed by atoms with E-state index in [0.717, 1.165) is 32.5 Å². The molecule has 0 aliphatic carbocycles. The molecule has 4 heteroatoms. The fourth-order valence-corrected chi connectivity index (χ4v) is 3.87. The first-order chi connectivity index (χ1) is 10.1. The number of fused-ring (bicyclic) bond motifs is 1. The molecule has 4 N–H and O–H groups in total. The Bertz CT molecular complexity index is 494. The molecule has 1 aromatic rings. The quantitative estimate of drug-likeness (QED) is 0.864. The van der Waals surface area contributed by atoms with Crippen molar-refractivity contribution in [2.24, 2.45) is 11.5 Å². The van der Waals surface area contributed by atoms with Crippen LogP contribution in [0.5, 0.6) is 0 Å². The number of hydrogen-bond donors (Lipinski definition) is 2. The van der Waals surface area contributed by atoms with Gasteiger partial charge in [-0.05, 0) is 37.9 Å². The van der Waals surface area contributed by atoms with Crippen LogP contribution in [-0.4, -0.2) is 49.1 Å². The van der Waals surface area contributed by atoms with Crippen molar-refractivity contribution in [1.82, 2.24) is 9.80 Å². The van der Waals surface area contributed by atoms with E-state index in [-0.39, 0.29) is 0 Å². The highest BCUT2D eigenvalue weighted by molar-refractivity contribution is 5.38. The summed E-state index contributed by atoms with van der Waals surface area (Å²) in [7, 11) is 2.20. The first-order valence-corrected chi connectivity index (χ1v) is 8.10. The topological polar surface area (TPSA) is 58.5 Å². The Morgan fingerprint density at radius 1 is 1.19 bits per heavy atom. The van der Waals surface area contributed by atoms with Gasteiger partial charge in [0.1, 0.15) is 0 Å². The summed E-state index contributed by atoms with van der Waals surface area (Å²) in [6, 6.07) is 8.10. The van der Waals surface area contributed by atoms with Gasteiger partial charge in [-0.2, -0.15) is 0 Å². The maximum absolute atomic E-state index is 6.06. The summed E-state index contributed by atoms with van der Waals surface area (Å²) in [4.78, 5) is 5.03. The van der Waals surface area contributed by atoms with E-state index in [1.165, 1.54) is 16.7 Å². The highest BCUT2D eigenvalue weighted by Crippen LogP contribution is 2.37. The van der Waals surface area contributed by atoms with Crippen LogP contribution < -0.4 is 11.5 Å². The predicted octanol–water partition coefficient (Wildman–Crippen LogP) is 1.40. The Labute approximate surface area is 128 Å². The summed E-state index contributed by atoms with van der Waals surface area (Å²) in [6.45, 7) is 6.13. The zero-order valence-electron chi connectivity index (χ0n) is 13.3. The van der Waals surface area contributed by atoms with Gasteiger partial charge in [-0.1, -0.05) is 23.8 Å². The Kier molecular flexibility index (Phi) is 4.31. The van der Waals surface area contributed by atoms with E-state index in [1.807, 2.05) is 0 Å². The van der Waals surface area contributed by atoms with Crippen LogP contribution in [-0.2, 0) is 0 Å². The van der Waals surface area contributed by atoms with Gasteiger partial charge >= 0.3 is 0 Å². The first kappa shape index (κ1) is 15.0. The smallest absolute Gasteiger partial charge is 0.0478 e. The van der Waals surface area contributed by atoms with Crippen LogP contribution in [0.25, 0.3) is 0 Å². The van der Waals surface area contributed by atoms with Crippen LogP contribution in [0.4, 0.5) is 0 Å². The third-order valence-corrected chi connectivity index (χ3v) is 5.19. The van der Waals surface area contributed by atoms with Gasteiger partial charge in [-0.15, -0.1) is 0 Å². The van der Waals surface area contributed by atoms with E-state index in [1.54, 1.807) is 0 Å². The number of nitrogens with two attached hydrogens (primary N) is 2. The number of likely N-dealkylation sites (tertiary alicyclic amines) is 1. The van der Waals surface area contributed by atoms with Crippen LogP contribution in [0.2, 0.25) is 0 Å². The summed E-state index contributed by atoms with van der Waals surface area (Å²) in [5.41, 5.74) is 16.3. The Hall–Kier alpha value is -0.940. The molecule has 0 amide bonds. The van der Waals surface area contributed by atoms with E-state index in [4.69, 9.17) is 11.5 Å². The van der Waals surface area contributed by atoms with Crippen LogP contribution in [0.15, 0.2) is 18.2 Å². The fourth-order valence-electron chi connectivity index (χ4n) is 3.87. The summed E-state index contributed by atoms with van der Waals surface area (Å²) in [5, 5.41) is 0. The third kappa shape index (κ3) is 2.86. The molecule has 2 aliphatic heterocycles. The standard InChI is InChI=1S/C17H28N4/c1-12-3-4-14-15(9-12)16(10-18)20(2)11-17(14)21-7-5-13(19)6-8-21/h3-4,9,13,16-17H,5-8,10-11,18-19H2,1-2H3. The minimum atomic E-state index is 0.350. The predicted molar refractivity (Wildman–Crippen MR) is 87.1 cm³/mol. The van der Waals surface area contributed by atoms with Crippen molar-refractivity contribution >= 4 is 0 Å². The van der Waals surface area contributed by atoms with E-state index >= 15 is 0 Å². The molecule has 0 spiro atoms. The van der Waals surface area contributed by atoms with E-state index in [2.05, 4.69) is 42.0 Å². The lowest BCUT2D eigenvalue weighted by Crippen LogP contribution is -2.48.